The molecule has 1 aromatic rings. The fourth-order valence-electron chi connectivity index (χ4n) is 2.02. The third-order valence-electron chi connectivity index (χ3n) is 2.88. The summed E-state index contributed by atoms with van der Waals surface area (Å²) in [6, 6.07) is 5.65. The number of carbonyl (C=O) groups is 1. The molecule has 0 bridgehead atoms. The van der Waals surface area contributed by atoms with Crippen LogP contribution in [0.25, 0.3) is 0 Å². The van der Waals surface area contributed by atoms with Gasteiger partial charge in [0.05, 0.1) is 22.3 Å². The first-order valence-corrected chi connectivity index (χ1v) is 7.32. The van der Waals surface area contributed by atoms with Gasteiger partial charge in [-0.2, -0.15) is 0 Å². The highest BCUT2D eigenvalue weighted by Gasteiger charge is 2.27. The van der Waals surface area contributed by atoms with Crippen LogP contribution in [0.15, 0.2) is 29.2 Å². The van der Waals surface area contributed by atoms with E-state index in [9.17, 15) is 13.2 Å². The Balaban J connectivity index is 2.31. The summed E-state index contributed by atoms with van der Waals surface area (Å²) in [7, 11) is -3.63. The molecule has 18 heavy (non-hydrogen) atoms. The van der Waals surface area contributed by atoms with Crippen molar-refractivity contribution < 1.29 is 23.1 Å². The van der Waals surface area contributed by atoms with Crippen molar-refractivity contribution in [1.29, 1.82) is 0 Å². The number of aromatic carboxylic acids is 1. The molecule has 1 atom stereocenters. The molecular weight excluding hydrogens is 256 g/mol. The highest BCUT2D eigenvalue weighted by Crippen LogP contribution is 2.21. The SMILES string of the molecule is O=C(O)c1ccccc1S(=O)(=O)CC1CCCO1. The summed E-state index contributed by atoms with van der Waals surface area (Å²) < 4.78 is 29.6. The van der Waals surface area contributed by atoms with Crippen LogP contribution in [0.4, 0.5) is 0 Å². The molecule has 0 spiro atoms. The average molecular weight is 270 g/mol. The van der Waals surface area contributed by atoms with E-state index in [1.165, 1.54) is 24.3 Å². The first kappa shape index (κ1) is 13.0. The quantitative estimate of drug-likeness (QED) is 0.893. The molecule has 2 rings (SSSR count). The Kier molecular flexibility index (Phi) is 3.68. The van der Waals surface area contributed by atoms with Crippen LogP contribution in [0.2, 0.25) is 0 Å². The number of hydrogen-bond acceptors (Lipinski definition) is 4. The van der Waals surface area contributed by atoms with Crippen molar-refractivity contribution in [1.82, 2.24) is 0 Å². The molecule has 1 fully saturated rings. The van der Waals surface area contributed by atoms with E-state index in [0.29, 0.717) is 13.0 Å². The van der Waals surface area contributed by atoms with Gasteiger partial charge in [-0.1, -0.05) is 12.1 Å². The molecule has 1 aliphatic rings. The molecule has 1 heterocycles. The van der Waals surface area contributed by atoms with Crippen molar-refractivity contribution in [3.05, 3.63) is 29.8 Å². The summed E-state index contributed by atoms with van der Waals surface area (Å²) >= 11 is 0. The summed E-state index contributed by atoms with van der Waals surface area (Å²) in [6.07, 6.45) is 1.23. The van der Waals surface area contributed by atoms with Crippen molar-refractivity contribution in [2.45, 2.75) is 23.8 Å². The lowest BCUT2D eigenvalue weighted by Crippen LogP contribution is -2.22. The van der Waals surface area contributed by atoms with Gasteiger partial charge in [0.15, 0.2) is 9.84 Å². The lowest BCUT2D eigenvalue weighted by atomic mass is 10.2. The van der Waals surface area contributed by atoms with Gasteiger partial charge in [0.2, 0.25) is 0 Å². The lowest BCUT2D eigenvalue weighted by Gasteiger charge is -2.11. The van der Waals surface area contributed by atoms with Gasteiger partial charge in [0.25, 0.3) is 0 Å². The number of rotatable bonds is 4. The van der Waals surface area contributed by atoms with Crippen molar-refractivity contribution in [2.24, 2.45) is 0 Å². The van der Waals surface area contributed by atoms with Gasteiger partial charge >= 0.3 is 5.97 Å². The number of carboxylic acids is 1. The number of sulfone groups is 1. The van der Waals surface area contributed by atoms with E-state index in [4.69, 9.17) is 9.84 Å². The maximum absolute atomic E-state index is 12.2. The van der Waals surface area contributed by atoms with Crippen LogP contribution >= 0.6 is 0 Å². The van der Waals surface area contributed by atoms with E-state index >= 15 is 0 Å². The van der Waals surface area contributed by atoms with E-state index in [0.717, 1.165) is 6.42 Å². The van der Waals surface area contributed by atoms with Gasteiger partial charge in [-0.25, -0.2) is 13.2 Å². The maximum Gasteiger partial charge on any atom is 0.337 e. The van der Waals surface area contributed by atoms with Gasteiger partial charge in [-0.3, -0.25) is 0 Å². The van der Waals surface area contributed by atoms with E-state index in [2.05, 4.69) is 0 Å². The minimum Gasteiger partial charge on any atom is -0.478 e. The Bertz CT molecular complexity index is 543. The molecule has 0 radical (unpaired) electrons. The van der Waals surface area contributed by atoms with Crippen LogP contribution in [0.5, 0.6) is 0 Å². The smallest absolute Gasteiger partial charge is 0.337 e. The molecule has 1 aliphatic heterocycles. The first-order valence-electron chi connectivity index (χ1n) is 5.67. The highest BCUT2D eigenvalue weighted by molar-refractivity contribution is 7.91. The van der Waals surface area contributed by atoms with Crippen LogP contribution in [0.3, 0.4) is 0 Å². The molecule has 1 aromatic carbocycles. The summed E-state index contributed by atoms with van der Waals surface area (Å²) in [5.41, 5.74) is -0.185. The molecule has 0 aromatic heterocycles. The molecule has 98 valence electrons. The number of benzene rings is 1. The standard InChI is InChI=1S/C12H14O5S/c13-12(14)10-5-1-2-6-11(10)18(15,16)8-9-4-3-7-17-9/h1-2,5-6,9H,3-4,7-8H2,(H,13,14). The van der Waals surface area contributed by atoms with Gasteiger partial charge in [-0.15, -0.1) is 0 Å². The van der Waals surface area contributed by atoms with E-state index in [-0.39, 0.29) is 22.3 Å². The minimum absolute atomic E-state index is 0.131. The normalized spacial score (nSPS) is 19.9. The summed E-state index contributed by atoms with van der Waals surface area (Å²) in [5.74, 6) is -1.39. The van der Waals surface area contributed by atoms with Crippen LogP contribution in [0.1, 0.15) is 23.2 Å². The third kappa shape index (κ3) is 2.70. The number of ether oxygens (including phenoxy) is 1. The van der Waals surface area contributed by atoms with Crippen LogP contribution < -0.4 is 0 Å². The third-order valence-corrected chi connectivity index (χ3v) is 4.72. The monoisotopic (exact) mass is 270 g/mol. The largest absolute Gasteiger partial charge is 0.478 e. The zero-order valence-corrected chi connectivity index (χ0v) is 10.5. The Hall–Kier alpha value is -1.40. The first-order chi connectivity index (χ1) is 8.50. The minimum atomic E-state index is -3.63. The van der Waals surface area contributed by atoms with Gasteiger partial charge in [-0.05, 0) is 25.0 Å². The lowest BCUT2D eigenvalue weighted by molar-refractivity contribution is 0.0692. The molecule has 0 aliphatic carbocycles. The molecule has 5 nitrogen and oxygen atoms in total. The van der Waals surface area contributed by atoms with Crippen molar-refractivity contribution in [3.8, 4) is 0 Å². The molecule has 1 N–H and O–H groups in total. The Morgan fingerprint density at radius 2 is 2.11 bits per heavy atom. The predicted octanol–water partition coefficient (Wildman–Crippen LogP) is 1.34. The Labute approximate surface area is 105 Å². The van der Waals surface area contributed by atoms with Gasteiger partial charge in [0, 0.05) is 6.61 Å². The molecule has 6 heteroatoms. The molecule has 1 saturated heterocycles. The summed E-state index contributed by atoms with van der Waals surface area (Å²) in [5, 5.41) is 8.99. The molecule has 1 unspecified atom stereocenters. The zero-order chi connectivity index (χ0) is 13.2. The molecular formula is C12H14O5S. The van der Waals surface area contributed by atoms with Crippen LogP contribution in [-0.4, -0.2) is 38.0 Å². The van der Waals surface area contributed by atoms with E-state index < -0.39 is 15.8 Å². The second-order valence-corrected chi connectivity index (χ2v) is 6.22. The highest BCUT2D eigenvalue weighted by atomic mass is 32.2. The van der Waals surface area contributed by atoms with Crippen molar-refractivity contribution in [3.63, 3.8) is 0 Å². The number of carboxylic acid groups (broad SMARTS) is 1. The fourth-order valence-corrected chi connectivity index (χ4v) is 3.73. The Morgan fingerprint density at radius 1 is 1.39 bits per heavy atom. The van der Waals surface area contributed by atoms with Crippen molar-refractivity contribution >= 4 is 15.8 Å². The predicted molar refractivity (Wildman–Crippen MR) is 64.4 cm³/mol. The average Bonchev–Trinajstić information content (AvgIpc) is 2.81. The van der Waals surface area contributed by atoms with Gasteiger partial charge in [0.1, 0.15) is 0 Å². The maximum atomic E-state index is 12.2. The van der Waals surface area contributed by atoms with Crippen LogP contribution in [-0.2, 0) is 14.6 Å². The molecule has 0 amide bonds. The summed E-state index contributed by atoms with van der Waals surface area (Å²) in [6.45, 7) is 0.570. The van der Waals surface area contributed by atoms with E-state index in [1.807, 2.05) is 0 Å². The van der Waals surface area contributed by atoms with Crippen molar-refractivity contribution in [2.75, 3.05) is 12.4 Å². The second-order valence-electron chi connectivity index (χ2n) is 4.22. The topological polar surface area (TPSA) is 80.7 Å². The fraction of sp³-hybridized carbons (Fsp3) is 0.417. The Morgan fingerprint density at radius 3 is 2.72 bits per heavy atom. The second kappa shape index (κ2) is 5.07. The zero-order valence-electron chi connectivity index (χ0n) is 9.70. The molecule has 0 saturated carbocycles. The van der Waals surface area contributed by atoms with E-state index in [1.54, 1.807) is 0 Å². The summed E-state index contributed by atoms with van der Waals surface area (Å²) in [4.78, 5) is 10.9. The number of hydrogen-bond donors (Lipinski definition) is 1. The van der Waals surface area contributed by atoms with Crippen LogP contribution in [0, 0.1) is 0 Å². The van der Waals surface area contributed by atoms with Gasteiger partial charge < -0.3 is 9.84 Å².